The van der Waals surface area contributed by atoms with Crippen molar-refractivity contribution in [2.45, 2.75) is 19.3 Å². The first kappa shape index (κ1) is 27.4. The van der Waals surface area contributed by atoms with Gasteiger partial charge in [-0.05, 0) is 60.2 Å². The molecule has 2 heterocycles. The standard InChI is InChI=1S/C33H29F3N4O2/c34-33(35,36)26-13-11-24(12-14-26)22-40-30-21-27(15-16-29(30)37-31(40)23-42-28-9-5-2-6-10-28)38-17-19-39(20-18-38)32(41)25-7-3-1-4-8-25/h1-16,21H,17-20,22-23H2. The number of carbonyl (C=O) groups is 1. The number of anilines is 1. The van der Waals surface area contributed by atoms with E-state index < -0.39 is 11.7 Å². The predicted molar refractivity (Wildman–Crippen MR) is 156 cm³/mol. The first-order valence-corrected chi connectivity index (χ1v) is 13.8. The summed E-state index contributed by atoms with van der Waals surface area (Å²) in [5.74, 6) is 1.40. The van der Waals surface area contributed by atoms with Crippen LogP contribution in [-0.4, -0.2) is 46.5 Å². The highest BCUT2D eigenvalue weighted by molar-refractivity contribution is 5.94. The summed E-state index contributed by atoms with van der Waals surface area (Å²) in [6.45, 7) is 3.11. The summed E-state index contributed by atoms with van der Waals surface area (Å²) in [5.41, 5.74) is 3.36. The highest BCUT2D eigenvalue weighted by Gasteiger charge is 2.30. The Bertz CT molecular complexity index is 1660. The number of rotatable bonds is 7. The molecular weight excluding hydrogens is 541 g/mol. The Kier molecular flexibility index (Phi) is 7.56. The van der Waals surface area contributed by atoms with E-state index in [4.69, 9.17) is 9.72 Å². The molecule has 1 saturated heterocycles. The summed E-state index contributed by atoms with van der Waals surface area (Å²) >= 11 is 0. The number of benzene rings is 4. The van der Waals surface area contributed by atoms with Crippen LogP contribution < -0.4 is 9.64 Å². The molecule has 0 saturated carbocycles. The van der Waals surface area contributed by atoms with Gasteiger partial charge < -0.3 is 19.1 Å². The zero-order chi connectivity index (χ0) is 29.1. The molecule has 5 aromatic rings. The third-order valence-electron chi connectivity index (χ3n) is 7.50. The number of ether oxygens (including phenoxy) is 1. The molecule has 1 fully saturated rings. The van der Waals surface area contributed by atoms with Gasteiger partial charge in [0.05, 0.1) is 16.6 Å². The number of hydrogen-bond acceptors (Lipinski definition) is 4. The van der Waals surface area contributed by atoms with Crippen molar-refractivity contribution < 1.29 is 22.7 Å². The van der Waals surface area contributed by atoms with Crippen LogP contribution in [0.5, 0.6) is 5.75 Å². The summed E-state index contributed by atoms with van der Waals surface area (Å²) in [7, 11) is 0. The Balaban J connectivity index is 1.26. The molecule has 1 aliphatic heterocycles. The summed E-state index contributed by atoms with van der Waals surface area (Å²) < 4.78 is 47.4. The molecule has 0 atom stereocenters. The number of alkyl halides is 3. The molecule has 0 N–H and O–H groups in total. The minimum Gasteiger partial charge on any atom is -0.486 e. The lowest BCUT2D eigenvalue weighted by Gasteiger charge is -2.36. The molecule has 214 valence electrons. The number of halogens is 3. The van der Waals surface area contributed by atoms with Crippen molar-refractivity contribution in [2.24, 2.45) is 0 Å². The molecule has 1 aliphatic rings. The van der Waals surface area contributed by atoms with Gasteiger partial charge in [-0.3, -0.25) is 4.79 Å². The van der Waals surface area contributed by atoms with Gasteiger partial charge in [0.2, 0.25) is 0 Å². The fourth-order valence-electron chi connectivity index (χ4n) is 5.22. The van der Waals surface area contributed by atoms with Crippen LogP contribution in [0.1, 0.15) is 27.3 Å². The maximum Gasteiger partial charge on any atom is 0.416 e. The first-order chi connectivity index (χ1) is 20.3. The molecule has 6 rings (SSSR count). The van der Waals surface area contributed by atoms with E-state index in [2.05, 4.69) is 11.0 Å². The molecule has 0 spiro atoms. The van der Waals surface area contributed by atoms with Gasteiger partial charge in [-0.2, -0.15) is 13.2 Å². The van der Waals surface area contributed by atoms with Crippen molar-refractivity contribution in [3.8, 4) is 5.75 Å². The zero-order valence-corrected chi connectivity index (χ0v) is 22.8. The van der Waals surface area contributed by atoms with Crippen LogP contribution in [0, 0.1) is 0 Å². The number of fused-ring (bicyclic) bond motifs is 1. The maximum absolute atomic E-state index is 13.1. The van der Waals surface area contributed by atoms with E-state index in [-0.39, 0.29) is 12.5 Å². The fraction of sp³-hybridized carbons (Fsp3) is 0.212. The molecule has 42 heavy (non-hydrogen) atoms. The highest BCUT2D eigenvalue weighted by atomic mass is 19.4. The van der Waals surface area contributed by atoms with Crippen molar-refractivity contribution in [1.82, 2.24) is 14.5 Å². The topological polar surface area (TPSA) is 50.6 Å². The van der Waals surface area contributed by atoms with Gasteiger partial charge in [-0.1, -0.05) is 48.5 Å². The summed E-state index contributed by atoms with van der Waals surface area (Å²) in [5, 5.41) is 0. The number of carbonyl (C=O) groups excluding carboxylic acids is 1. The quantitative estimate of drug-likeness (QED) is 0.220. The lowest BCUT2D eigenvalue weighted by molar-refractivity contribution is -0.137. The van der Waals surface area contributed by atoms with Crippen molar-refractivity contribution in [1.29, 1.82) is 0 Å². The van der Waals surface area contributed by atoms with Gasteiger partial charge in [0.25, 0.3) is 5.91 Å². The van der Waals surface area contributed by atoms with Crippen LogP contribution in [0.15, 0.2) is 103 Å². The molecule has 0 unspecified atom stereocenters. The molecule has 0 radical (unpaired) electrons. The van der Waals surface area contributed by atoms with E-state index in [1.165, 1.54) is 12.1 Å². The van der Waals surface area contributed by atoms with Crippen LogP contribution in [0.2, 0.25) is 0 Å². The van der Waals surface area contributed by atoms with E-state index in [0.29, 0.717) is 49.9 Å². The fourth-order valence-corrected chi connectivity index (χ4v) is 5.22. The SMILES string of the molecule is O=C(c1ccccc1)N1CCN(c2ccc3nc(COc4ccccc4)n(Cc4ccc(C(F)(F)F)cc4)c3c2)CC1. The van der Waals surface area contributed by atoms with E-state index in [0.717, 1.165) is 34.4 Å². The van der Waals surface area contributed by atoms with Crippen molar-refractivity contribution in [3.63, 3.8) is 0 Å². The molecule has 9 heteroatoms. The van der Waals surface area contributed by atoms with Crippen LogP contribution in [-0.2, 0) is 19.3 Å². The van der Waals surface area contributed by atoms with Gasteiger partial charge in [-0.25, -0.2) is 4.98 Å². The number of piperazine rings is 1. The Labute approximate surface area is 241 Å². The van der Waals surface area contributed by atoms with Crippen LogP contribution >= 0.6 is 0 Å². The van der Waals surface area contributed by atoms with Crippen molar-refractivity contribution >= 4 is 22.6 Å². The van der Waals surface area contributed by atoms with Gasteiger partial charge in [0.1, 0.15) is 18.2 Å². The van der Waals surface area contributed by atoms with Gasteiger partial charge >= 0.3 is 6.18 Å². The average molecular weight is 571 g/mol. The molecular formula is C33H29F3N4O2. The lowest BCUT2D eigenvalue weighted by Crippen LogP contribution is -2.48. The summed E-state index contributed by atoms with van der Waals surface area (Å²) in [6.07, 6.45) is -4.39. The number of nitrogens with zero attached hydrogens (tertiary/aromatic N) is 4. The minimum atomic E-state index is -4.39. The Morgan fingerprint density at radius 2 is 1.48 bits per heavy atom. The number of amides is 1. The molecule has 0 aliphatic carbocycles. The first-order valence-electron chi connectivity index (χ1n) is 13.8. The molecule has 0 bridgehead atoms. The van der Waals surface area contributed by atoms with E-state index >= 15 is 0 Å². The Morgan fingerprint density at radius 1 is 0.810 bits per heavy atom. The summed E-state index contributed by atoms with van der Waals surface area (Å²) in [4.78, 5) is 21.8. The minimum absolute atomic E-state index is 0.0309. The third-order valence-corrected chi connectivity index (χ3v) is 7.50. The smallest absolute Gasteiger partial charge is 0.416 e. The Morgan fingerprint density at radius 3 is 2.14 bits per heavy atom. The maximum atomic E-state index is 13.1. The van der Waals surface area contributed by atoms with E-state index in [1.54, 1.807) is 0 Å². The monoisotopic (exact) mass is 570 g/mol. The van der Waals surface area contributed by atoms with E-state index in [1.807, 2.05) is 82.3 Å². The number of hydrogen-bond donors (Lipinski definition) is 0. The molecule has 1 aromatic heterocycles. The largest absolute Gasteiger partial charge is 0.486 e. The number of imidazole rings is 1. The van der Waals surface area contributed by atoms with Crippen LogP contribution in [0.3, 0.4) is 0 Å². The van der Waals surface area contributed by atoms with E-state index in [9.17, 15) is 18.0 Å². The molecule has 1 amide bonds. The van der Waals surface area contributed by atoms with Gasteiger partial charge in [0.15, 0.2) is 0 Å². The van der Waals surface area contributed by atoms with Crippen LogP contribution in [0.4, 0.5) is 18.9 Å². The van der Waals surface area contributed by atoms with Crippen molar-refractivity contribution in [3.05, 3.63) is 126 Å². The van der Waals surface area contributed by atoms with Crippen molar-refractivity contribution in [2.75, 3.05) is 31.1 Å². The predicted octanol–water partition coefficient (Wildman–Crippen LogP) is 6.64. The zero-order valence-electron chi connectivity index (χ0n) is 22.8. The molecule has 6 nitrogen and oxygen atoms in total. The normalized spacial score (nSPS) is 13.9. The highest BCUT2D eigenvalue weighted by Crippen LogP contribution is 2.30. The second-order valence-electron chi connectivity index (χ2n) is 10.2. The second kappa shape index (κ2) is 11.6. The third kappa shape index (κ3) is 5.95. The molecule has 4 aromatic carbocycles. The average Bonchev–Trinajstić information content (AvgIpc) is 3.36. The Hall–Kier alpha value is -4.79. The van der Waals surface area contributed by atoms with Gasteiger partial charge in [-0.15, -0.1) is 0 Å². The lowest BCUT2D eigenvalue weighted by atomic mass is 10.1. The van der Waals surface area contributed by atoms with Gasteiger partial charge in [0, 0.05) is 44.0 Å². The van der Waals surface area contributed by atoms with Crippen LogP contribution in [0.25, 0.3) is 11.0 Å². The second-order valence-corrected chi connectivity index (χ2v) is 10.2. The number of para-hydroxylation sites is 1. The number of aromatic nitrogens is 2. The summed E-state index contributed by atoms with van der Waals surface area (Å²) in [6, 6.07) is 30.0.